The van der Waals surface area contributed by atoms with E-state index in [2.05, 4.69) is 4.72 Å². The van der Waals surface area contributed by atoms with Gasteiger partial charge in [-0.05, 0) is 25.0 Å². The molecule has 118 valence electrons. The number of nitrogen functional groups attached to an aromatic ring is 1. The second kappa shape index (κ2) is 5.92. The summed E-state index contributed by atoms with van der Waals surface area (Å²) in [5, 5.41) is -0.211. The molecule has 3 N–H and O–H groups in total. The second-order valence-corrected chi connectivity index (χ2v) is 9.58. The Balaban J connectivity index is 2.31. The van der Waals surface area contributed by atoms with Gasteiger partial charge in [0.05, 0.1) is 21.6 Å². The maximum absolute atomic E-state index is 12.3. The quantitative estimate of drug-likeness (QED) is 0.780. The van der Waals surface area contributed by atoms with Crippen molar-refractivity contribution in [2.75, 3.05) is 17.2 Å². The molecule has 1 aliphatic heterocycles. The normalized spacial score (nSPS) is 22.1. The van der Waals surface area contributed by atoms with Gasteiger partial charge < -0.3 is 5.73 Å². The largest absolute Gasteiger partial charge is 0.399 e. The van der Waals surface area contributed by atoms with E-state index in [1.165, 1.54) is 12.1 Å². The number of nitrogens with two attached hydrogens (primary N) is 1. The first kappa shape index (κ1) is 16.8. The van der Waals surface area contributed by atoms with Gasteiger partial charge in [-0.3, -0.25) is 0 Å². The molecule has 1 aliphatic rings. The second-order valence-electron chi connectivity index (χ2n) is 4.89. The van der Waals surface area contributed by atoms with Crippen LogP contribution in [0.5, 0.6) is 0 Å². The van der Waals surface area contributed by atoms with E-state index in [4.69, 9.17) is 28.9 Å². The Hall–Kier alpha value is -0.540. The van der Waals surface area contributed by atoms with Gasteiger partial charge >= 0.3 is 0 Å². The van der Waals surface area contributed by atoms with Crippen LogP contribution in [0.1, 0.15) is 12.8 Å². The number of benzene rings is 1. The molecule has 21 heavy (non-hydrogen) atoms. The molecule has 0 radical (unpaired) electrons. The highest BCUT2D eigenvalue weighted by Crippen LogP contribution is 2.32. The maximum atomic E-state index is 12.3. The van der Waals surface area contributed by atoms with Gasteiger partial charge in [-0.15, -0.1) is 0 Å². The first-order valence-electron chi connectivity index (χ1n) is 6.08. The van der Waals surface area contributed by atoms with Crippen molar-refractivity contribution in [1.29, 1.82) is 0 Å². The third-order valence-electron chi connectivity index (χ3n) is 3.07. The van der Waals surface area contributed by atoms with E-state index in [-0.39, 0.29) is 32.1 Å². The zero-order valence-electron chi connectivity index (χ0n) is 10.8. The van der Waals surface area contributed by atoms with Crippen LogP contribution in [0.25, 0.3) is 0 Å². The lowest BCUT2D eigenvalue weighted by Crippen LogP contribution is -2.43. The molecular formula is C11H14Cl2N2O4S2. The molecule has 0 saturated carbocycles. The summed E-state index contributed by atoms with van der Waals surface area (Å²) in [6, 6.07) is 1.87. The predicted octanol–water partition coefficient (Wildman–Crippen LogP) is 1.43. The fourth-order valence-electron chi connectivity index (χ4n) is 2.23. The molecule has 1 atom stereocenters. The molecule has 1 fully saturated rings. The van der Waals surface area contributed by atoms with E-state index in [9.17, 15) is 16.8 Å². The summed E-state index contributed by atoms with van der Waals surface area (Å²) in [6.07, 6.45) is 0.862. The van der Waals surface area contributed by atoms with Gasteiger partial charge in [0.25, 0.3) is 0 Å². The van der Waals surface area contributed by atoms with Crippen LogP contribution in [-0.2, 0) is 19.9 Å². The summed E-state index contributed by atoms with van der Waals surface area (Å²) in [4.78, 5) is -0.289. The molecule has 1 saturated heterocycles. The first-order chi connectivity index (χ1) is 9.61. The van der Waals surface area contributed by atoms with Crippen molar-refractivity contribution >= 4 is 48.7 Å². The minimum Gasteiger partial charge on any atom is -0.399 e. The Morgan fingerprint density at radius 2 is 1.81 bits per heavy atom. The van der Waals surface area contributed by atoms with Crippen LogP contribution < -0.4 is 10.5 Å². The minimum atomic E-state index is -4.02. The van der Waals surface area contributed by atoms with Crippen molar-refractivity contribution in [3.8, 4) is 0 Å². The van der Waals surface area contributed by atoms with E-state index in [1.54, 1.807) is 0 Å². The molecule has 0 bridgehead atoms. The molecule has 1 aromatic rings. The topological polar surface area (TPSA) is 106 Å². The van der Waals surface area contributed by atoms with Crippen molar-refractivity contribution in [2.45, 2.75) is 23.8 Å². The number of sulfone groups is 1. The molecule has 6 nitrogen and oxygen atoms in total. The van der Waals surface area contributed by atoms with Gasteiger partial charge in [0, 0.05) is 11.7 Å². The lowest BCUT2D eigenvalue weighted by Gasteiger charge is -2.23. The van der Waals surface area contributed by atoms with Crippen molar-refractivity contribution in [1.82, 2.24) is 4.72 Å². The van der Waals surface area contributed by atoms with Gasteiger partial charge in [-0.2, -0.15) is 0 Å². The molecule has 0 aliphatic carbocycles. The van der Waals surface area contributed by atoms with Crippen molar-refractivity contribution < 1.29 is 16.8 Å². The molecule has 1 heterocycles. The number of hydrogen-bond donors (Lipinski definition) is 2. The van der Waals surface area contributed by atoms with Crippen molar-refractivity contribution in [2.24, 2.45) is 0 Å². The van der Waals surface area contributed by atoms with Crippen molar-refractivity contribution in [3.05, 3.63) is 22.2 Å². The number of nitrogens with one attached hydrogen (secondary N) is 1. The Morgan fingerprint density at radius 1 is 1.24 bits per heavy atom. The third kappa shape index (κ3) is 4.01. The average Bonchev–Trinajstić information content (AvgIpc) is 2.23. The number of hydrogen-bond acceptors (Lipinski definition) is 5. The van der Waals surface area contributed by atoms with Crippen molar-refractivity contribution in [3.63, 3.8) is 0 Å². The zero-order valence-corrected chi connectivity index (χ0v) is 14.0. The van der Waals surface area contributed by atoms with E-state index < -0.39 is 25.9 Å². The Kier molecular flexibility index (Phi) is 4.75. The summed E-state index contributed by atoms with van der Waals surface area (Å²) in [5.74, 6) is -0.148. The predicted molar refractivity (Wildman–Crippen MR) is 82.9 cm³/mol. The highest BCUT2D eigenvalue weighted by atomic mass is 35.5. The molecular weight excluding hydrogens is 359 g/mol. The van der Waals surface area contributed by atoms with Crippen LogP contribution in [0.2, 0.25) is 10.0 Å². The molecule has 1 unspecified atom stereocenters. The number of sulfonamides is 1. The molecule has 1 aromatic carbocycles. The Bertz CT molecular complexity index is 739. The van der Waals surface area contributed by atoms with Crippen LogP contribution in [-0.4, -0.2) is 34.4 Å². The molecule has 10 heteroatoms. The Morgan fingerprint density at radius 3 is 2.33 bits per heavy atom. The summed E-state index contributed by atoms with van der Waals surface area (Å²) >= 11 is 11.8. The van der Waals surface area contributed by atoms with E-state index in [0.717, 1.165) is 0 Å². The first-order valence-corrected chi connectivity index (χ1v) is 10.1. The molecule has 0 aromatic heterocycles. The van der Waals surface area contributed by atoms with E-state index in [0.29, 0.717) is 12.8 Å². The lowest BCUT2D eigenvalue weighted by atomic mass is 10.2. The lowest BCUT2D eigenvalue weighted by molar-refractivity contribution is 0.517. The number of halogens is 2. The monoisotopic (exact) mass is 372 g/mol. The summed E-state index contributed by atoms with van der Waals surface area (Å²) in [6.45, 7) is 0. The molecule has 2 rings (SSSR count). The molecule has 0 amide bonds. The van der Waals surface area contributed by atoms with E-state index >= 15 is 0 Å². The van der Waals surface area contributed by atoms with E-state index in [1.807, 2.05) is 0 Å². The summed E-state index contributed by atoms with van der Waals surface area (Å²) in [5.41, 5.74) is 5.77. The number of anilines is 1. The number of rotatable bonds is 3. The van der Waals surface area contributed by atoms with Crippen LogP contribution in [0.3, 0.4) is 0 Å². The smallest absolute Gasteiger partial charge is 0.243 e. The highest BCUT2D eigenvalue weighted by molar-refractivity contribution is 7.91. The summed E-state index contributed by atoms with van der Waals surface area (Å²) < 4.78 is 50.2. The summed E-state index contributed by atoms with van der Waals surface area (Å²) in [7, 11) is -7.25. The standard InChI is InChI=1S/C11H14Cl2N2O4S2/c12-9-4-7(14)5-10(13)11(9)21(18,19)15-8-2-1-3-20(16,17)6-8/h4-5,8,15H,1-3,6,14H2. The van der Waals surface area contributed by atoms with Crippen LogP contribution >= 0.6 is 23.2 Å². The SMILES string of the molecule is Nc1cc(Cl)c(S(=O)(=O)NC2CCCS(=O)(=O)C2)c(Cl)c1. The van der Waals surface area contributed by atoms with Gasteiger partial charge in [-0.25, -0.2) is 21.6 Å². The molecule has 0 spiro atoms. The van der Waals surface area contributed by atoms with Gasteiger partial charge in [-0.1, -0.05) is 23.2 Å². The fourth-order valence-corrected chi connectivity index (χ4v) is 6.47. The highest BCUT2D eigenvalue weighted by Gasteiger charge is 2.30. The van der Waals surface area contributed by atoms with Crippen LogP contribution in [0, 0.1) is 0 Å². The third-order valence-corrected chi connectivity index (χ3v) is 7.34. The maximum Gasteiger partial charge on any atom is 0.243 e. The van der Waals surface area contributed by atoms with Gasteiger partial charge in [0.1, 0.15) is 4.90 Å². The van der Waals surface area contributed by atoms with Crippen LogP contribution in [0.15, 0.2) is 17.0 Å². The zero-order chi connectivity index (χ0) is 15.8. The average molecular weight is 373 g/mol. The van der Waals surface area contributed by atoms with Gasteiger partial charge in [0.2, 0.25) is 10.0 Å². The van der Waals surface area contributed by atoms with Crippen LogP contribution in [0.4, 0.5) is 5.69 Å². The minimum absolute atomic E-state index is 0.0780. The Labute approximate surface area is 133 Å². The fraction of sp³-hybridized carbons (Fsp3) is 0.455. The van der Waals surface area contributed by atoms with Gasteiger partial charge in [0.15, 0.2) is 9.84 Å².